The zero-order chi connectivity index (χ0) is 9.35. The van der Waals surface area contributed by atoms with Crippen LogP contribution in [0, 0.1) is 6.92 Å². The molecule has 0 saturated heterocycles. The van der Waals surface area contributed by atoms with Crippen molar-refractivity contribution in [2.45, 2.75) is 33.1 Å². The fourth-order valence-electron chi connectivity index (χ4n) is 1.44. The zero-order valence-corrected chi connectivity index (χ0v) is 9.57. The Hall–Kier alpha value is -0.370. The first kappa shape index (κ1) is 9.72. The SMILES string of the molecule is Cc1nccc(Br)c1C(C)(C)C. The molecule has 1 heterocycles. The maximum Gasteiger partial charge on any atom is 0.0421 e. The largest absolute Gasteiger partial charge is 0.261 e. The van der Waals surface area contributed by atoms with Crippen LogP contribution in [0.4, 0.5) is 0 Å². The summed E-state index contributed by atoms with van der Waals surface area (Å²) >= 11 is 3.54. The first-order chi connectivity index (χ1) is 5.43. The molecule has 0 aliphatic rings. The Kier molecular flexibility index (Phi) is 2.57. The van der Waals surface area contributed by atoms with Crippen molar-refractivity contribution in [2.75, 3.05) is 0 Å². The minimum atomic E-state index is 0.164. The van der Waals surface area contributed by atoms with E-state index < -0.39 is 0 Å². The van der Waals surface area contributed by atoms with Crippen molar-refractivity contribution in [2.24, 2.45) is 0 Å². The van der Waals surface area contributed by atoms with Crippen LogP contribution in [0.2, 0.25) is 0 Å². The van der Waals surface area contributed by atoms with Gasteiger partial charge in [-0.15, -0.1) is 0 Å². The first-order valence-electron chi connectivity index (χ1n) is 4.04. The van der Waals surface area contributed by atoms with Crippen molar-refractivity contribution in [3.05, 3.63) is 28.0 Å². The van der Waals surface area contributed by atoms with Gasteiger partial charge in [0.1, 0.15) is 0 Å². The highest BCUT2D eigenvalue weighted by Crippen LogP contribution is 2.30. The fraction of sp³-hybridized carbons (Fsp3) is 0.500. The van der Waals surface area contributed by atoms with Crippen molar-refractivity contribution in [1.82, 2.24) is 4.98 Å². The van der Waals surface area contributed by atoms with Crippen molar-refractivity contribution in [1.29, 1.82) is 0 Å². The lowest BCUT2D eigenvalue weighted by molar-refractivity contribution is 0.579. The van der Waals surface area contributed by atoms with E-state index in [4.69, 9.17) is 0 Å². The summed E-state index contributed by atoms with van der Waals surface area (Å²) < 4.78 is 1.16. The topological polar surface area (TPSA) is 12.9 Å². The smallest absolute Gasteiger partial charge is 0.0421 e. The number of rotatable bonds is 0. The Labute approximate surface area is 82.3 Å². The van der Waals surface area contributed by atoms with E-state index >= 15 is 0 Å². The summed E-state index contributed by atoms with van der Waals surface area (Å²) in [5.74, 6) is 0. The number of hydrogen-bond donors (Lipinski definition) is 0. The summed E-state index contributed by atoms with van der Waals surface area (Å²) in [6, 6.07) is 1.99. The molecule has 0 aromatic carbocycles. The van der Waals surface area contributed by atoms with Crippen LogP contribution in [0.25, 0.3) is 0 Å². The molecule has 12 heavy (non-hydrogen) atoms. The fourth-order valence-corrected chi connectivity index (χ4v) is 2.44. The number of aryl methyl sites for hydroxylation is 1. The van der Waals surface area contributed by atoms with E-state index in [1.165, 1.54) is 5.56 Å². The van der Waals surface area contributed by atoms with Gasteiger partial charge in [0.2, 0.25) is 0 Å². The van der Waals surface area contributed by atoms with Crippen LogP contribution in [0.15, 0.2) is 16.7 Å². The lowest BCUT2D eigenvalue weighted by Gasteiger charge is -2.22. The molecule has 0 atom stereocenters. The molecule has 66 valence electrons. The summed E-state index contributed by atoms with van der Waals surface area (Å²) in [7, 11) is 0. The maximum absolute atomic E-state index is 4.28. The average molecular weight is 228 g/mol. The Balaban J connectivity index is 3.31. The van der Waals surface area contributed by atoms with Crippen molar-refractivity contribution >= 4 is 15.9 Å². The zero-order valence-electron chi connectivity index (χ0n) is 7.98. The van der Waals surface area contributed by atoms with Gasteiger partial charge in [0, 0.05) is 16.4 Å². The molecule has 1 nitrogen and oxygen atoms in total. The standard InChI is InChI=1S/C10H14BrN/c1-7-9(10(2,3)4)8(11)5-6-12-7/h5-6H,1-4H3. The van der Waals surface area contributed by atoms with Gasteiger partial charge in [-0.1, -0.05) is 36.7 Å². The van der Waals surface area contributed by atoms with Gasteiger partial charge in [0.25, 0.3) is 0 Å². The monoisotopic (exact) mass is 227 g/mol. The molecule has 0 spiro atoms. The molecule has 0 aliphatic heterocycles. The van der Waals surface area contributed by atoms with Gasteiger partial charge in [0.15, 0.2) is 0 Å². The second kappa shape index (κ2) is 3.17. The first-order valence-corrected chi connectivity index (χ1v) is 4.84. The molecule has 0 N–H and O–H groups in total. The van der Waals surface area contributed by atoms with Crippen LogP contribution in [-0.2, 0) is 5.41 Å². The minimum Gasteiger partial charge on any atom is -0.261 e. The molecule has 1 aromatic heterocycles. The van der Waals surface area contributed by atoms with Gasteiger partial charge in [-0.3, -0.25) is 4.98 Å². The Bertz CT molecular complexity index is 266. The highest BCUT2D eigenvalue weighted by Gasteiger charge is 2.19. The van der Waals surface area contributed by atoms with Crippen LogP contribution >= 0.6 is 15.9 Å². The lowest BCUT2D eigenvalue weighted by atomic mass is 9.86. The van der Waals surface area contributed by atoms with Gasteiger partial charge in [-0.05, 0) is 24.0 Å². The van der Waals surface area contributed by atoms with Gasteiger partial charge in [-0.2, -0.15) is 0 Å². The van der Waals surface area contributed by atoms with E-state index in [0.717, 1.165) is 10.2 Å². The number of aromatic nitrogens is 1. The van der Waals surface area contributed by atoms with Crippen LogP contribution in [0.1, 0.15) is 32.0 Å². The summed E-state index contributed by atoms with van der Waals surface area (Å²) in [5.41, 5.74) is 2.57. The van der Waals surface area contributed by atoms with Crippen molar-refractivity contribution in [3.63, 3.8) is 0 Å². The summed E-state index contributed by atoms with van der Waals surface area (Å²) in [5, 5.41) is 0. The molecule has 0 amide bonds. The second-order valence-corrected chi connectivity index (χ2v) is 4.86. The predicted molar refractivity (Wildman–Crippen MR) is 55.4 cm³/mol. The van der Waals surface area contributed by atoms with E-state index in [9.17, 15) is 0 Å². The van der Waals surface area contributed by atoms with E-state index in [1.807, 2.05) is 19.2 Å². The highest BCUT2D eigenvalue weighted by atomic mass is 79.9. The summed E-state index contributed by atoms with van der Waals surface area (Å²) in [6.07, 6.45) is 1.83. The molecule has 1 rings (SSSR count). The third kappa shape index (κ3) is 1.86. The second-order valence-electron chi connectivity index (χ2n) is 4.00. The number of pyridine rings is 1. The molecule has 0 saturated carbocycles. The lowest BCUT2D eigenvalue weighted by Crippen LogP contribution is -2.14. The van der Waals surface area contributed by atoms with Crippen molar-refractivity contribution in [3.8, 4) is 0 Å². The predicted octanol–water partition coefficient (Wildman–Crippen LogP) is 3.45. The molecular formula is C10H14BrN. The molecule has 0 aliphatic carbocycles. The summed E-state index contributed by atoms with van der Waals surface area (Å²) in [6.45, 7) is 8.64. The maximum atomic E-state index is 4.28. The van der Waals surface area contributed by atoms with E-state index in [1.54, 1.807) is 0 Å². The van der Waals surface area contributed by atoms with Crippen LogP contribution in [0.5, 0.6) is 0 Å². The normalized spacial score (nSPS) is 11.8. The van der Waals surface area contributed by atoms with E-state index in [0.29, 0.717) is 0 Å². The van der Waals surface area contributed by atoms with E-state index in [2.05, 4.69) is 41.7 Å². The van der Waals surface area contributed by atoms with Gasteiger partial charge >= 0.3 is 0 Å². The Morgan fingerprint density at radius 1 is 1.33 bits per heavy atom. The van der Waals surface area contributed by atoms with Crippen LogP contribution in [-0.4, -0.2) is 4.98 Å². The molecule has 2 heteroatoms. The van der Waals surface area contributed by atoms with Gasteiger partial charge < -0.3 is 0 Å². The van der Waals surface area contributed by atoms with Crippen LogP contribution < -0.4 is 0 Å². The molecule has 0 bridgehead atoms. The number of nitrogens with zero attached hydrogens (tertiary/aromatic N) is 1. The molecule has 1 aromatic rings. The third-order valence-corrected chi connectivity index (χ3v) is 2.50. The molecular weight excluding hydrogens is 214 g/mol. The molecule has 0 unspecified atom stereocenters. The van der Waals surface area contributed by atoms with Crippen LogP contribution in [0.3, 0.4) is 0 Å². The van der Waals surface area contributed by atoms with E-state index in [-0.39, 0.29) is 5.41 Å². The number of hydrogen-bond acceptors (Lipinski definition) is 1. The quantitative estimate of drug-likeness (QED) is 0.662. The Morgan fingerprint density at radius 3 is 2.25 bits per heavy atom. The van der Waals surface area contributed by atoms with Crippen molar-refractivity contribution < 1.29 is 0 Å². The molecule has 0 fully saturated rings. The minimum absolute atomic E-state index is 0.164. The number of halogens is 1. The van der Waals surface area contributed by atoms with Gasteiger partial charge in [0.05, 0.1) is 0 Å². The Morgan fingerprint density at radius 2 is 1.92 bits per heavy atom. The van der Waals surface area contributed by atoms with Gasteiger partial charge in [-0.25, -0.2) is 0 Å². The highest BCUT2D eigenvalue weighted by molar-refractivity contribution is 9.10. The molecule has 0 radical (unpaired) electrons. The third-order valence-electron chi connectivity index (χ3n) is 1.84. The summed E-state index contributed by atoms with van der Waals surface area (Å²) in [4.78, 5) is 4.28. The average Bonchev–Trinajstić information content (AvgIpc) is 1.82.